The zero-order chi connectivity index (χ0) is 17.2. The Kier molecular flexibility index (Phi) is 4.51. The number of hydrogen-bond donors (Lipinski definition) is 1. The van der Waals surface area contributed by atoms with Crippen LogP contribution in [0.1, 0.15) is 11.1 Å². The maximum Gasteiger partial charge on any atom is 0.251 e. The van der Waals surface area contributed by atoms with E-state index in [1.54, 1.807) is 23.1 Å². The van der Waals surface area contributed by atoms with Gasteiger partial charge in [0.25, 0.3) is 5.91 Å². The monoisotopic (exact) mass is 342 g/mol. The van der Waals surface area contributed by atoms with Crippen LogP contribution >= 0.6 is 0 Å². The first-order valence-electron chi connectivity index (χ1n) is 7.62. The van der Waals surface area contributed by atoms with Crippen LogP contribution in [0.5, 0.6) is 0 Å². The highest BCUT2D eigenvalue weighted by molar-refractivity contribution is 7.89. The van der Waals surface area contributed by atoms with Gasteiger partial charge in [0.05, 0.1) is 4.90 Å². The normalized spacial score (nSPS) is 14.1. The topological polar surface area (TPSA) is 66.5 Å². The van der Waals surface area contributed by atoms with E-state index in [1.807, 2.05) is 24.3 Å². The van der Waals surface area contributed by atoms with Crippen LogP contribution in [0.2, 0.25) is 0 Å². The summed E-state index contributed by atoms with van der Waals surface area (Å²) < 4.78 is 25.6. The smallest absolute Gasteiger partial charge is 0.251 e. The Hall–Kier alpha value is -2.44. The second-order valence-electron chi connectivity index (χ2n) is 5.48. The van der Waals surface area contributed by atoms with E-state index in [0.717, 1.165) is 17.7 Å². The molecule has 3 rings (SSSR count). The van der Waals surface area contributed by atoms with Gasteiger partial charge in [0.15, 0.2) is 0 Å². The number of amides is 1. The molecule has 24 heavy (non-hydrogen) atoms. The van der Waals surface area contributed by atoms with Gasteiger partial charge in [-0.2, -0.15) is 0 Å². The van der Waals surface area contributed by atoms with Crippen molar-refractivity contribution in [2.75, 3.05) is 18.5 Å². The zero-order valence-electron chi connectivity index (χ0n) is 13.3. The molecule has 1 heterocycles. The van der Waals surface area contributed by atoms with Gasteiger partial charge in [0, 0.05) is 18.3 Å². The van der Waals surface area contributed by atoms with Crippen molar-refractivity contribution < 1.29 is 13.2 Å². The van der Waals surface area contributed by atoms with Crippen molar-refractivity contribution in [1.29, 1.82) is 0 Å². The van der Waals surface area contributed by atoms with Gasteiger partial charge in [-0.3, -0.25) is 4.79 Å². The maximum absolute atomic E-state index is 12.4. The minimum atomic E-state index is -3.44. The van der Waals surface area contributed by atoms with Crippen molar-refractivity contribution >= 4 is 27.7 Å². The van der Waals surface area contributed by atoms with Gasteiger partial charge in [-0.05, 0) is 48.9 Å². The van der Waals surface area contributed by atoms with Crippen LogP contribution in [-0.4, -0.2) is 27.9 Å². The number of fused-ring (bicyclic) bond motifs is 1. The van der Waals surface area contributed by atoms with E-state index < -0.39 is 10.0 Å². The molecule has 0 aromatic heterocycles. The first-order valence-corrected chi connectivity index (χ1v) is 9.11. The summed E-state index contributed by atoms with van der Waals surface area (Å²) in [4.78, 5) is 14.3. The molecular weight excluding hydrogens is 324 g/mol. The summed E-state index contributed by atoms with van der Waals surface area (Å²) >= 11 is 0. The van der Waals surface area contributed by atoms with E-state index in [1.165, 1.54) is 30.8 Å². The van der Waals surface area contributed by atoms with Gasteiger partial charge in [-0.15, -0.1) is 0 Å². The number of hydrogen-bond acceptors (Lipinski definition) is 3. The highest BCUT2D eigenvalue weighted by Crippen LogP contribution is 2.27. The van der Waals surface area contributed by atoms with Gasteiger partial charge < -0.3 is 4.90 Å². The van der Waals surface area contributed by atoms with E-state index in [-0.39, 0.29) is 10.8 Å². The summed E-state index contributed by atoms with van der Waals surface area (Å²) in [5.41, 5.74) is 2.91. The van der Waals surface area contributed by atoms with Crippen molar-refractivity contribution in [3.8, 4) is 0 Å². The number of anilines is 1. The SMILES string of the molecule is CNS(=O)(=O)c1ccc(/C=C/C(=O)N2CCc3ccccc32)cc1. The van der Waals surface area contributed by atoms with Crippen molar-refractivity contribution in [3.05, 3.63) is 65.7 Å². The molecule has 0 aliphatic carbocycles. The molecule has 5 nitrogen and oxygen atoms in total. The molecule has 1 N–H and O–H groups in total. The number of benzene rings is 2. The molecule has 0 atom stereocenters. The van der Waals surface area contributed by atoms with E-state index in [4.69, 9.17) is 0 Å². The van der Waals surface area contributed by atoms with Crippen molar-refractivity contribution in [2.24, 2.45) is 0 Å². The fraction of sp³-hybridized carbons (Fsp3) is 0.167. The summed E-state index contributed by atoms with van der Waals surface area (Å²) in [5.74, 6) is -0.0770. The van der Waals surface area contributed by atoms with Crippen LogP contribution in [0.4, 0.5) is 5.69 Å². The Bertz CT molecular complexity index is 887. The number of para-hydroxylation sites is 1. The largest absolute Gasteiger partial charge is 0.308 e. The molecule has 6 heteroatoms. The van der Waals surface area contributed by atoms with Crippen LogP contribution in [0.3, 0.4) is 0 Å². The maximum atomic E-state index is 12.4. The molecule has 0 radical (unpaired) electrons. The fourth-order valence-electron chi connectivity index (χ4n) is 2.70. The molecule has 0 fully saturated rings. The molecule has 0 bridgehead atoms. The van der Waals surface area contributed by atoms with Gasteiger partial charge in [-0.1, -0.05) is 30.3 Å². The number of rotatable bonds is 4. The molecule has 1 aliphatic heterocycles. The number of nitrogens with zero attached hydrogens (tertiary/aromatic N) is 1. The second kappa shape index (κ2) is 6.59. The molecular formula is C18H18N2O3S. The third kappa shape index (κ3) is 3.25. The highest BCUT2D eigenvalue weighted by atomic mass is 32.2. The Morgan fingerprint density at radius 2 is 1.83 bits per heavy atom. The van der Waals surface area contributed by atoms with Crippen molar-refractivity contribution in [1.82, 2.24) is 4.72 Å². The van der Waals surface area contributed by atoms with E-state index >= 15 is 0 Å². The average Bonchev–Trinajstić information content (AvgIpc) is 3.04. The predicted molar refractivity (Wildman–Crippen MR) is 94.2 cm³/mol. The Morgan fingerprint density at radius 3 is 2.54 bits per heavy atom. The summed E-state index contributed by atoms with van der Waals surface area (Å²) in [6.45, 7) is 0.682. The molecule has 1 amide bonds. The van der Waals surface area contributed by atoms with E-state index in [2.05, 4.69) is 4.72 Å². The fourth-order valence-corrected chi connectivity index (χ4v) is 3.43. The summed E-state index contributed by atoms with van der Waals surface area (Å²) in [5, 5.41) is 0. The van der Waals surface area contributed by atoms with Gasteiger partial charge in [-0.25, -0.2) is 13.1 Å². The predicted octanol–water partition coefficient (Wildman–Crippen LogP) is 2.20. The molecule has 0 unspecified atom stereocenters. The quantitative estimate of drug-likeness (QED) is 0.866. The first kappa shape index (κ1) is 16.4. The lowest BCUT2D eigenvalue weighted by Crippen LogP contribution is -2.26. The Labute approximate surface area is 141 Å². The van der Waals surface area contributed by atoms with E-state index in [0.29, 0.717) is 6.54 Å². The number of carbonyl (C=O) groups is 1. The summed E-state index contributed by atoms with van der Waals surface area (Å²) in [6.07, 6.45) is 4.08. The lowest BCUT2D eigenvalue weighted by Gasteiger charge is -2.14. The number of sulfonamides is 1. The van der Waals surface area contributed by atoms with Crippen LogP contribution in [0.25, 0.3) is 6.08 Å². The third-order valence-electron chi connectivity index (χ3n) is 4.03. The molecule has 0 saturated heterocycles. The molecule has 1 aliphatic rings. The molecule has 0 spiro atoms. The highest BCUT2D eigenvalue weighted by Gasteiger charge is 2.22. The van der Waals surface area contributed by atoms with Crippen LogP contribution in [0.15, 0.2) is 59.5 Å². The molecule has 2 aromatic rings. The number of nitrogens with one attached hydrogen (secondary N) is 1. The number of carbonyl (C=O) groups excluding carboxylic acids is 1. The molecule has 124 valence electrons. The summed E-state index contributed by atoms with van der Waals surface area (Å²) in [7, 11) is -2.07. The third-order valence-corrected chi connectivity index (χ3v) is 5.46. The minimum absolute atomic E-state index is 0.0770. The average molecular weight is 342 g/mol. The van der Waals surface area contributed by atoms with Crippen molar-refractivity contribution in [2.45, 2.75) is 11.3 Å². The van der Waals surface area contributed by atoms with Crippen LogP contribution in [0, 0.1) is 0 Å². The van der Waals surface area contributed by atoms with E-state index in [9.17, 15) is 13.2 Å². The van der Waals surface area contributed by atoms with Gasteiger partial charge in [0.2, 0.25) is 10.0 Å². The van der Waals surface area contributed by atoms with Gasteiger partial charge >= 0.3 is 0 Å². The van der Waals surface area contributed by atoms with Crippen molar-refractivity contribution in [3.63, 3.8) is 0 Å². The second-order valence-corrected chi connectivity index (χ2v) is 7.37. The van der Waals surface area contributed by atoms with Crippen LogP contribution < -0.4 is 9.62 Å². The Morgan fingerprint density at radius 1 is 1.12 bits per heavy atom. The standard InChI is InChI=1S/C18H18N2O3S/c1-19-24(22,23)16-9-6-14(7-10-16)8-11-18(21)20-13-12-15-4-2-3-5-17(15)20/h2-11,19H,12-13H2,1H3/b11-8+. The first-order chi connectivity index (χ1) is 11.5. The summed E-state index contributed by atoms with van der Waals surface area (Å²) in [6, 6.07) is 14.3. The lowest BCUT2D eigenvalue weighted by molar-refractivity contribution is -0.114. The Balaban J connectivity index is 1.74. The van der Waals surface area contributed by atoms with Gasteiger partial charge in [0.1, 0.15) is 0 Å². The zero-order valence-corrected chi connectivity index (χ0v) is 14.1. The van der Waals surface area contributed by atoms with Crippen LogP contribution in [-0.2, 0) is 21.2 Å². The molecule has 2 aromatic carbocycles. The molecule has 0 saturated carbocycles. The lowest BCUT2D eigenvalue weighted by atomic mass is 10.2. The minimum Gasteiger partial charge on any atom is -0.308 e.